The Hall–Kier alpha value is -3.05. The number of benzene rings is 3. The molecule has 2 heteroatoms. The summed E-state index contributed by atoms with van der Waals surface area (Å²) in [5.41, 5.74) is 4.67. The first-order chi connectivity index (χ1) is 10.4. The molecule has 0 saturated heterocycles. The summed E-state index contributed by atoms with van der Waals surface area (Å²) in [5.74, 6) is 0. The van der Waals surface area contributed by atoms with Gasteiger partial charge in [-0.15, -0.1) is 0 Å². The van der Waals surface area contributed by atoms with Crippen molar-refractivity contribution in [2.45, 2.75) is 0 Å². The summed E-state index contributed by atoms with van der Waals surface area (Å²) in [6.07, 6.45) is 0. The second kappa shape index (κ2) is 5.94. The van der Waals surface area contributed by atoms with Crippen LogP contribution in [0.2, 0.25) is 0 Å². The van der Waals surface area contributed by atoms with E-state index in [2.05, 4.69) is 11.4 Å². The molecule has 0 bridgehead atoms. The Morgan fingerprint density at radius 3 is 2.05 bits per heavy atom. The maximum atomic E-state index is 9.29. The number of anilines is 2. The van der Waals surface area contributed by atoms with Gasteiger partial charge in [-0.05, 0) is 24.3 Å². The molecule has 0 radical (unpaired) electrons. The Morgan fingerprint density at radius 2 is 1.29 bits per heavy atom. The molecule has 3 rings (SSSR count). The van der Waals surface area contributed by atoms with Gasteiger partial charge in [-0.1, -0.05) is 54.6 Å². The van der Waals surface area contributed by atoms with Gasteiger partial charge < -0.3 is 5.32 Å². The highest BCUT2D eigenvalue weighted by Crippen LogP contribution is 2.32. The van der Waals surface area contributed by atoms with E-state index in [1.54, 1.807) is 0 Å². The predicted octanol–water partition coefficient (Wildman–Crippen LogP) is 4.97. The van der Waals surface area contributed by atoms with Crippen molar-refractivity contribution < 1.29 is 0 Å². The van der Waals surface area contributed by atoms with Gasteiger partial charge in [0.1, 0.15) is 0 Å². The minimum Gasteiger partial charge on any atom is -0.355 e. The predicted molar refractivity (Wildman–Crippen MR) is 86.3 cm³/mol. The highest BCUT2D eigenvalue weighted by molar-refractivity contribution is 5.83. The Balaban J connectivity index is 2.06. The fourth-order valence-electron chi connectivity index (χ4n) is 2.32. The molecule has 0 aliphatic carbocycles. The van der Waals surface area contributed by atoms with E-state index in [0.29, 0.717) is 5.56 Å². The van der Waals surface area contributed by atoms with Crippen molar-refractivity contribution in [3.63, 3.8) is 0 Å². The van der Waals surface area contributed by atoms with E-state index in [4.69, 9.17) is 0 Å². The van der Waals surface area contributed by atoms with Crippen LogP contribution in [0.25, 0.3) is 11.1 Å². The number of rotatable bonds is 3. The summed E-state index contributed by atoms with van der Waals surface area (Å²) >= 11 is 0. The zero-order chi connectivity index (χ0) is 14.5. The molecule has 3 aromatic carbocycles. The van der Waals surface area contributed by atoms with Crippen molar-refractivity contribution in [1.29, 1.82) is 5.26 Å². The normalized spacial score (nSPS) is 9.86. The molecule has 0 fully saturated rings. The SMILES string of the molecule is N#Cc1ccccc1-c1ccccc1Nc1ccccc1. The maximum absolute atomic E-state index is 9.29. The molecular weight excluding hydrogens is 256 g/mol. The van der Waals surface area contributed by atoms with Crippen molar-refractivity contribution in [3.05, 3.63) is 84.4 Å². The minimum absolute atomic E-state index is 0.680. The topological polar surface area (TPSA) is 35.8 Å². The second-order valence-electron chi connectivity index (χ2n) is 4.69. The summed E-state index contributed by atoms with van der Waals surface area (Å²) in [7, 11) is 0. The van der Waals surface area contributed by atoms with E-state index in [1.807, 2.05) is 78.9 Å². The van der Waals surface area contributed by atoms with Gasteiger partial charge in [-0.25, -0.2) is 0 Å². The van der Waals surface area contributed by atoms with E-state index in [1.165, 1.54) is 0 Å². The highest BCUT2D eigenvalue weighted by atomic mass is 14.9. The standard InChI is InChI=1S/C19H14N2/c20-14-15-8-4-5-11-17(15)18-12-6-7-13-19(18)21-16-9-2-1-3-10-16/h1-13,21H. The average molecular weight is 270 g/mol. The van der Waals surface area contributed by atoms with Gasteiger partial charge in [0.2, 0.25) is 0 Å². The van der Waals surface area contributed by atoms with Crippen molar-refractivity contribution in [1.82, 2.24) is 0 Å². The summed E-state index contributed by atoms with van der Waals surface area (Å²) in [5, 5.41) is 12.7. The van der Waals surface area contributed by atoms with Crippen LogP contribution in [-0.2, 0) is 0 Å². The monoisotopic (exact) mass is 270 g/mol. The summed E-state index contributed by atoms with van der Waals surface area (Å²) in [4.78, 5) is 0. The van der Waals surface area contributed by atoms with Crippen LogP contribution in [0.15, 0.2) is 78.9 Å². The summed E-state index contributed by atoms with van der Waals surface area (Å²) in [6.45, 7) is 0. The molecule has 3 aromatic rings. The Morgan fingerprint density at radius 1 is 0.667 bits per heavy atom. The first kappa shape index (κ1) is 13.0. The lowest BCUT2D eigenvalue weighted by atomic mass is 9.98. The number of hydrogen-bond donors (Lipinski definition) is 1. The molecule has 100 valence electrons. The van der Waals surface area contributed by atoms with Crippen molar-refractivity contribution in [2.24, 2.45) is 0 Å². The van der Waals surface area contributed by atoms with E-state index in [0.717, 1.165) is 22.5 Å². The quantitative estimate of drug-likeness (QED) is 0.729. The minimum atomic E-state index is 0.680. The molecule has 0 aliphatic rings. The van der Waals surface area contributed by atoms with Crippen LogP contribution in [0.4, 0.5) is 11.4 Å². The van der Waals surface area contributed by atoms with Crippen LogP contribution >= 0.6 is 0 Å². The third-order valence-electron chi connectivity index (χ3n) is 3.32. The number of nitriles is 1. The van der Waals surface area contributed by atoms with E-state index in [9.17, 15) is 5.26 Å². The van der Waals surface area contributed by atoms with Gasteiger partial charge in [0.05, 0.1) is 11.6 Å². The Labute approximate surface area is 124 Å². The van der Waals surface area contributed by atoms with Crippen LogP contribution < -0.4 is 5.32 Å². The molecule has 0 amide bonds. The molecule has 0 heterocycles. The zero-order valence-corrected chi connectivity index (χ0v) is 11.5. The third kappa shape index (κ3) is 2.77. The molecule has 0 atom stereocenters. The molecule has 0 aliphatic heterocycles. The first-order valence-corrected chi connectivity index (χ1v) is 6.79. The lowest BCUT2D eigenvalue weighted by Crippen LogP contribution is -1.94. The number of para-hydroxylation sites is 2. The lowest BCUT2D eigenvalue weighted by Gasteiger charge is -2.13. The number of nitrogens with zero attached hydrogens (tertiary/aromatic N) is 1. The molecule has 0 spiro atoms. The second-order valence-corrected chi connectivity index (χ2v) is 4.69. The fraction of sp³-hybridized carbons (Fsp3) is 0. The average Bonchev–Trinajstić information content (AvgIpc) is 2.56. The van der Waals surface area contributed by atoms with E-state index in [-0.39, 0.29) is 0 Å². The van der Waals surface area contributed by atoms with E-state index < -0.39 is 0 Å². The van der Waals surface area contributed by atoms with E-state index >= 15 is 0 Å². The molecule has 0 saturated carbocycles. The molecule has 0 aromatic heterocycles. The van der Waals surface area contributed by atoms with Gasteiger partial charge in [0, 0.05) is 22.5 Å². The van der Waals surface area contributed by atoms with Crippen LogP contribution in [0.1, 0.15) is 5.56 Å². The first-order valence-electron chi connectivity index (χ1n) is 6.79. The van der Waals surface area contributed by atoms with Crippen LogP contribution in [0.5, 0.6) is 0 Å². The molecule has 21 heavy (non-hydrogen) atoms. The molecule has 1 N–H and O–H groups in total. The Bertz CT molecular complexity index is 786. The maximum Gasteiger partial charge on any atom is 0.0998 e. The summed E-state index contributed by atoms with van der Waals surface area (Å²) < 4.78 is 0. The van der Waals surface area contributed by atoms with Gasteiger partial charge in [-0.2, -0.15) is 5.26 Å². The highest BCUT2D eigenvalue weighted by Gasteiger charge is 2.08. The summed E-state index contributed by atoms with van der Waals surface area (Å²) in [6, 6.07) is 28.0. The van der Waals surface area contributed by atoms with Gasteiger partial charge in [-0.3, -0.25) is 0 Å². The molecular formula is C19H14N2. The fourth-order valence-corrected chi connectivity index (χ4v) is 2.32. The van der Waals surface area contributed by atoms with Gasteiger partial charge in [0.25, 0.3) is 0 Å². The van der Waals surface area contributed by atoms with Crippen LogP contribution in [-0.4, -0.2) is 0 Å². The molecule has 2 nitrogen and oxygen atoms in total. The number of nitrogens with one attached hydrogen (secondary N) is 1. The number of hydrogen-bond acceptors (Lipinski definition) is 2. The zero-order valence-electron chi connectivity index (χ0n) is 11.5. The largest absolute Gasteiger partial charge is 0.355 e. The van der Waals surface area contributed by atoms with Gasteiger partial charge >= 0.3 is 0 Å². The van der Waals surface area contributed by atoms with Crippen molar-refractivity contribution in [2.75, 3.05) is 5.32 Å². The lowest BCUT2D eigenvalue weighted by molar-refractivity contribution is 1.47. The smallest absolute Gasteiger partial charge is 0.0998 e. The van der Waals surface area contributed by atoms with Gasteiger partial charge in [0.15, 0.2) is 0 Å². The van der Waals surface area contributed by atoms with Crippen LogP contribution in [0, 0.1) is 11.3 Å². The third-order valence-corrected chi connectivity index (χ3v) is 3.32. The Kier molecular flexibility index (Phi) is 3.66. The van der Waals surface area contributed by atoms with Crippen molar-refractivity contribution in [3.8, 4) is 17.2 Å². The van der Waals surface area contributed by atoms with Crippen LogP contribution in [0.3, 0.4) is 0 Å². The molecule has 0 unspecified atom stereocenters. The van der Waals surface area contributed by atoms with Crippen molar-refractivity contribution >= 4 is 11.4 Å².